The van der Waals surface area contributed by atoms with Crippen molar-refractivity contribution in [3.63, 3.8) is 0 Å². The molecule has 0 radical (unpaired) electrons. The van der Waals surface area contributed by atoms with Crippen LogP contribution < -0.4 is 0 Å². The normalized spacial score (nSPS) is 26.6. The van der Waals surface area contributed by atoms with Crippen LogP contribution in [0.5, 0.6) is 0 Å². The van der Waals surface area contributed by atoms with Gasteiger partial charge < -0.3 is 5.21 Å². The Kier molecular flexibility index (Phi) is 5.36. The number of hydroxylamine groups is 2. The second-order valence-corrected chi connectivity index (χ2v) is 6.09. The van der Waals surface area contributed by atoms with Crippen molar-refractivity contribution in [2.75, 3.05) is 0 Å². The van der Waals surface area contributed by atoms with Crippen LogP contribution in [0.25, 0.3) is 0 Å². The first-order chi connectivity index (χ1) is 7.60. The summed E-state index contributed by atoms with van der Waals surface area (Å²) < 4.78 is 0. The van der Waals surface area contributed by atoms with Crippen LogP contribution in [-0.4, -0.2) is 27.1 Å². The Hall–Kier alpha value is -0.410. The van der Waals surface area contributed by atoms with Crippen LogP contribution >= 0.6 is 0 Å². The van der Waals surface area contributed by atoms with Gasteiger partial charge in [0.1, 0.15) is 5.78 Å². The predicted octanol–water partition coefficient (Wildman–Crippen LogP) is 3.51. The van der Waals surface area contributed by atoms with Crippen LogP contribution in [0.1, 0.15) is 61.8 Å². The van der Waals surface area contributed by atoms with E-state index in [2.05, 4.69) is 0 Å². The average molecular weight is 243 g/mol. The molecule has 1 saturated heterocycles. The average Bonchev–Trinajstić information content (AvgIpc) is 2.41. The van der Waals surface area contributed by atoms with E-state index in [1.165, 1.54) is 5.06 Å². The fourth-order valence-electron chi connectivity index (χ4n) is 2.61. The number of nitrogens with zero attached hydrogens (tertiary/aromatic N) is 1. The molecule has 0 spiro atoms. The van der Waals surface area contributed by atoms with Gasteiger partial charge in [0.15, 0.2) is 0 Å². The molecule has 1 aliphatic rings. The van der Waals surface area contributed by atoms with Gasteiger partial charge in [0.05, 0.1) is 5.54 Å². The highest BCUT2D eigenvalue weighted by Crippen LogP contribution is 2.44. The van der Waals surface area contributed by atoms with E-state index in [0.29, 0.717) is 0 Å². The Bertz CT molecular complexity index is 269. The third-order valence-corrected chi connectivity index (χ3v) is 3.59. The lowest BCUT2D eigenvalue weighted by atomic mass is 9.80. The molecule has 1 N–H and O–H groups in total. The zero-order chi connectivity index (χ0) is 14.0. The first-order valence-electron chi connectivity index (χ1n) is 6.63. The molecule has 0 aromatic rings. The Morgan fingerprint density at radius 2 is 1.65 bits per heavy atom. The summed E-state index contributed by atoms with van der Waals surface area (Å²) in [4.78, 5) is 12.1. The Morgan fingerprint density at radius 1 is 1.24 bits per heavy atom. The van der Waals surface area contributed by atoms with Crippen LogP contribution in [-0.2, 0) is 4.79 Å². The molecule has 0 saturated carbocycles. The first kappa shape index (κ1) is 16.6. The molecule has 1 unspecified atom stereocenters. The summed E-state index contributed by atoms with van der Waals surface area (Å²) in [7, 11) is 0. The monoisotopic (exact) mass is 243 g/mol. The van der Waals surface area contributed by atoms with Crippen molar-refractivity contribution in [1.29, 1.82) is 0 Å². The lowest BCUT2D eigenvalue weighted by Crippen LogP contribution is -2.48. The minimum Gasteiger partial charge on any atom is -0.313 e. The maximum Gasteiger partial charge on any atom is 0.140 e. The first-order valence-corrected chi connectivity index (χ1v) is 6.63. The molecule has 3 heteroatoms. The van der Waals surface area contributed by atoms with Crippen molar-refractivity contribution < 1.29 is 10.0 Å². The van der Waals surface area contributed by atoms with Crippen LogP contribution in [0.15, 0.2) is 0 Å². The summed E-state index contributed by atoms with van der Waals surface area (Å²) in [5.41, 5.74) is -0.760. The van der Waals surface area contributed by atoms with Crippen LogP contribution in [0.4, 0.5) is 0 Å². The summed E-state index contributed by atoms with van der Waals surface area (Å²) in [5, 5.41) is 11.4. The molecule has 1 heterocycles. The lowest BCUT2D eigenvalue weighted by molar-refractivity contribution is -0.197. The van der Waals surface area contributed by atoms with E-state index in [4.69, 9.17) is 0 Å². The number of rotatable bonds is 2. The van der Waals surface area contributed by atoms with E-state index < -0.39 is 5.54 Å². The van der Waals surface area contributed by atoms with Crippen molar-refractivity contribution in [2.24, 2.45) is 11.8 Å². The van der Waals surface area contributed by atoms with E-state index in [9.17, 15) is 10.0 Å². The highest BCUT2D eigenvalue weighted by atomic mass is 16.5. The van der Waals surface area contributed by atoms with E-state index >= 15 is 0 Å². The second kappa shape index (κ2) is 5.49. The van der Waals surface area contributed by atoms with Crippen LogP contribution in [0.3, 0.4) is 0 Å². The molecule has 1 aliphatic heterocycles. The van der Waals surface area contributed by atoms with Gasteiger partial charge in [0.25, 0.3) is 0 Å². The summed E-state index contributed by atoms with van der Waals surface area (Å²) in [6, 6.07) is 0. The van der Waals surface area contributed by atoms with Crippen molar-refractivity contribution in [1.82, 2.24) is 5.06 Å². The van der Waals surface area contributed by atoms with Crippen LogP contribution in [0.2, 0.25) is 0 Å². The number of carbonyl (C=O) groups excluding carboxylic acids is 1. The number of hydrogen-bond donors (Lipinski definition) is 1. The summed E-state index contributed by atoms with van der Waals surface area (Å²) >= 11 is 0. The van der Waals surface area contributed by atoms with Crippen molar-refractivity contribution in [2.45, 2.75) is 72.9 Å². The molecule has 3 nitrogen and oxygen atoms in total. The standard InChI is InChI=1S/C12H23NO2.C2H6/c1-8(2)10(14)9-7-11(3,4)13(15)12(9,5)6;1-2/h8-9,15H,7H2,1-6H3;1-2H3. The van der Waals surface area contributed by atoms with Crippen molar-refractivity contribution in [3.05, 3.63) is 0 Å². The zero-order valence-corrected chi connectivity index (χ0v) is 12.7. The molecule has 1 fully saturated rings. The third-order valence-electron chi connectivity index (χ3n) is 3.59. The molecular weight excluding hydrogens is 214 g/mol. The maximum absolute atomic E-state index is 12.1. The van der Waals surface area contributed by atoms with E-state index in [-0.39, 0.29) is 23.2 Å². The SMILES string of the molecule is CC.CC(C)C(=O)C1CC(C)(C)N(O)C1(C)C. The topological polar surface area (TPSA) is 40.5 Å². The predicted molar refractivity (Wildman–Crippen MR) is 71.1 cm³/mol. The zero-order valence-electron chi connectivity index (χ0n) is 12.7. The largest absolute Gasteiger partial charge is 0.313 e. The third kappa shape index (κ3) is 3.08. The van der Waals surface area contributed by atoms with Gasteiger partial charge >= 0.3 is 0 Å². The Morgan fingerprint density at radius 3 is 1.88 bits per heavy atom. The number of carbonyl (C=O) groups is 1. The molecule has 0 aromatic heterocycles. The summed E-state index contributed by atoms with van der Waals surface area (Å²) in [6.07, 6.45) is 0.730. The molecule has 0 aromatic carbocycles. The number of hydrogen-bond acceptors (Lipinski definition) is 3. The van der Waals surface area contributed by atoms with Gasteiger partial charge in [-0.25, -0.2) is 0 Å². The maximum atomic E-state index is 12.1. The van der Waals surface area contributed by atoms with Gasteiger partial charge in [0, 0.05) is 17.4 Å². The lowest BCUT2D eigenvalue weighted by Gasteiger charge is -2.35. The summed E-state index contributed by atoms with van der Waals surface area (Å²) in [6.45, 7) is 15.7. The molecule has 0 amide bonds. The molecule has 0 bridgehead atoms. The smallest absolute Gasteiger partial charge is 0.140 e. The number of ketones is 1. The second-order valence-electron chi connectivity index (χ2n) is 6.09. The van der Waals surface area contributed by atoms with Gasteiger partial charge in [-0.15, -0.1) is 0 Å². The van der Waals surface area contributed by atoms with Gasteiger partial charge in [0.2, 0.25) is 0 Å². The molecule has 17 heavy (non-hydrogen) atoms. The fourth-order valence-corrected chi connectivity index (χ4v) is 2.61. The quantitative estimate of drug-likeness (QED) is 0.807. The Balaban J connectivity index is 0.00000121. The molecule has 1 rings (SSSR count). The minimum atomic E-state index is -0.454. The van der Waals surface area contributed by atoms with Crippen molar-refractivity contribution >= 4 is 5.78 Å². The highest BCUT2D eigenvalue weighted by Gasteiger charge is 2.54. The molecular formula is C14H29NO2. The molecule has 1 atom stereocenters. The van der Waals surface area contributed by atoms with E-state index in [1.807, 2.05) is 55.4 Å². The molecule has 102 valence electrons. The van der Waals surface area contributed by atoms with Gasteiger partial charge in [-0.3, -0.25) is 4.79 Å². The van der Waals surface area contributed by atoms with E-state index in [0.717, 1.165) is 6.42 Å². The van der Waals surface area contributed by atoms with Crippen LogP contribution in [0, 0.1) is 11.8 Å². The van der Waals surface area contributed by atoms with Gasteiger partial charge in [-0.2, -0.15) is 5.06 Å². The van der Waals surface area contributed by atoms with E-state index in [1.54, 1.807) is 0 Å². The minimum absolute atomic E-state index is 0.0385. The van der Waals surface area contributed by atoms with Crippen molar-refractivity contribution in [3.8, 4) is 0 Å². The summed E-state index contributed by atoms with van der Waals surface area (Å²) in [5.74, 6) is 0.221. The van der Waals surface area contributed by atoms with Gasteiger partial charge in [-0.1, -0.05) is 27.7 Å². The molecule has 0 aliphatic carbocycles. The number of Topliss-reactive ketones (excluding diaryl/α,β-unsaturated/α-hetero) is 1. The highest BCUT2D eigenvalue weighted by molar-refractivity contribution is 5.84. The fraction of sp³-hybridized carbons (Fsp3) is 0.929. The Labute approximate surface area is 106 Å². The van der Waals surface area contributed by atoms with Gasteiger partial charge in [-0.05, 0) is 34.1 Å².